The Morgan fingerprint density at radius 1 is 1.23 bits per heavy atom. The van der Waals surface area contributed by atoms with Crippen LogP contribution in [0, 0.1) is 12.3 Å². The molecule has 0 saturated heterocycles. The second kappa shape index (κ2) is 6.99. The molecule has 1 aromatic heterocycles. The van der Waals surface area contributed by atoms with Crippen LogP contribution in [0.3, 0.4) is 0 Å². The Kier molecular flexibility index (Phi) is 5.06. The molecular formula is C20H27N3O2S. The summed E-state index contributed by atoms with van der Waals surface area (Å²) in [6, 6.07) is 5.79. The lowest BCUT2D eigenvalue weighted by molar-refractivity contribution is -0.133. The highest BCUT2D eigenvalue weighted by Gasteiger charge is 2.43. The summed E-state index contributed by atoms with van der Waals surface area (Å²) in [5, 5.41) is 7.05. The molecule has 1 aromatic carbocycles. The van der Waals surface area contributed by atoms with Crippen molar-refractivity contribution in [2.45, 2.75) is 65.3 Å². The van der Waals surface area contributed by atoms with E-state index in [2.05, 4.69) is 15.6 Å². The summed E-state index contributed by atoms with van der Waals surface area (Å²) >= 11 is 1.62. The van der Waals surface area contributed by atoms with Gasteiger partial charge in [0, 0.05) is 17.6 Å². The van der Waals surface area contributed by atoms with Gasteiger partial charge in [-0.25, -0.2) is 4.98 Å². The number of hydrogen-bond donors (Lipinski definition) is 2. The van der Waals surface area contributed by atoms with Gasteiger partial charge in [0.2, 0.25) is 11.8 Å². The number of fused-ring (bicyclic) bond motifs is 1. The van der Waals surface area contributed by atoms with Crippen molar-refractivity contribution in [2.75, 3.05) is 5.32 Å². The monoisotopic (exact) mass is 373 g/mol. The number of rotatable bonds is 4. The number of aromatic nitrogens is 1. The zero-order valence-electron chi connectivity index (χ0n) is 15.9. The van der Waals surface area contributed by atoms with Crippen LogP contribution in [0.15, 0.2) is 18.2 Å². The van der Waals surface area contributed by atoms with Crippen LogP contribution < -0.4 is 10.6 Å². The lowest BCUT2D eigenvalue weighted by Crippen LogP contribution is -2.45. The molecule has 1 fully saturated rings. The highest BCUT2D eigenvalue weighted by Crippen LogP contribution is 2.42. The minimum absolute atomic E-state index is 0.0420. The number of hydrogen-bond acceptors (Lipinski definition) is 4. The summed E-state index contributed by atoms with van der Waals surface area (Å²) in [6.45, 7) is 7.85. The predicted molar refractivity (Wildman–Crippen MR) is 106 cm³/mol. The maximum Gasteiger partial charge on any atom is 0.231 e. The van der Waals surface area contributed by atoms with E-state index in [1.807, 2.05) is 45.9 Å². The molecule has 0 aliphatic heterocycles. The third-order valence-electron chi connectivity index (χ3n) is 4.81. The quantitative estimate of drug-likeness (QED) is 0.834. The molecule has 26 heavy (non-hydrogen) atoms. The fourth-order valence-electron chi connectivity index (χ4n) is 3.69. The number of carbonyl (C=O) groups is 2. The highest BCUT2D eigenvalue weighted by atomic mass is 32.1. The SMILES string of the molecule is Cc1nc2ccc(NC(=O)C3(CC(=O)NC(C)(C)C)CCCC3)cc2s1. The molecule has 0 unspecified atom stereocenters. The van der Waals surface area contributed by atoms with E-state index in [-0.39, 0.29) is 23.8 Å². The number of amides is 2. The van der Waals surface area contributed by atoms with Crippen LogP contribution in [0.1, 0.15) is 57.9 Å². The molecule has 0 atom stereocenters. The van der Waals surface area contributed by atoms with Crippen LogP contribution in [-0.2, 0) is 9.59 Å². The molecule has 3 rings (SSSR count). The summed E-state index contributed by atoms with van der Waals surface area (Å²) in [6.07, 6.45) is 3.75. The standard InChI is InChI=1S/C20H27N3O2S/c1-13-21-15-8-7-14(11-16(15)26-13)22-18(25)20(9-5-6-10-20)12-17(24)23-19(2,3)4/h7-8,11H,5-6,9-10,12H2,1-4H3,(H,22,25)(H,23,24). The molecule has 0 bridgehead atoms. The minimum atomic E-state index is -0.603. The Hall–Kier alpha value is -1.95. The van der Waals surface area contributed by atoms with Gasteiger partial charge in [-0.3, -0.25) is 9.59 Å². The first-order valence-corrected chi connectivity index (χ1v) is 9.98. The molecule has 1 aliphatic carbocycles. The van der Waals surface area contributed by atoms with Gasteiger partial charge in [0.05, 0.1) is 20.6 Å². The first-order valence-electron chi connectivity index (χ1n) is 9.17. The summed E-state index contributed by atoms with van der Waals surface area (Å²) in [5.74, 6) is -0.0947. The third kappa shape index (κ3) is 4.23. The van der Waals surface area contributed by atoms with Crippen molar-refractivity contribution >= 4 is 39.1 Å². The minimum Gasteiger partial charge on any atom is -0.351 e. The number of nitrogens with one attached hydrogen (secondary N) is 2. The van der Waals surface area contributed by atoms with Gasteiger partial charge >= 0.3 is 0 Å². The average Bonchev–Trinajstić information content (AvgIpc) is 3.11. The van der Waals surface area contributed by atoms with Gasteiger partial charge in [-0.05, 0) is 58.7 Å². The molecule has 6 heteroatoms. The lowest BCUT2D eigenvalue weighted by Gasteiger charge is -2.29. The number of thiazole rings is 1. The Balaban J connectivity index is 1.76. The van der Waals surface area contributed by atoms with Crippen LogP contribution >= 0.6 is 11.3 Å². The third-order valence-corrected chi connectivity index (χ3v) is 5.74. The fraction of sp³-hybridized carbons (Fsp3) is 0.550. The van der Waals surface area contributed by atoms with Gasteiger partial charge < -0.3 is 10.6 Å². The molecule has 2 aromatic rings. The topological polar surface area (TPSA) is 71.1 Å². The summed E-state index contributed by atoms with van der Waals surface area (Å²) in [5.41, 5.74) is 0.829. The average molecular weight is 374 g/mol. The molecule has 1 aliphatic rings. The predicted octanol–water partition coefficient (Wildman–Crippen LogP) is 4.41. The van der Waals surface area contributed by atoms with E-state index < -0.39 is 5.41 Å². The van der Waals surface area contributed by atoms with E-state index >= 15 is 0 Å². The maximum atomic E-state index is 13.1. The number of carbonyl (C=O) groups excluding carboxylic acids is 2. The zero-order valence-corrected chi connectivity index (χ0v) is 16.8. The number of anilines is 1. The zero-order chi connectivity index (χ0) is 18.9. The van der Waals surface area contributed by atoms with Crippen LogP contribution in [-0.4, -0.2) is 22.3 Å². The van der Waals surface area contributed by atoms with Gasteiger partial charge in [-0.2, -0.15) is 0 Å². The van der Waals surface area contributed by atoms with Crippen molar-refractivity contribution in [3.63, 3.8) is 0 Å². The molecule has 1 heterocycles. The molecular weight excluding hydrogens is 346 g/mol. The van der Waals surface area contributed by atoms with Crippen LogP contribution in [0.25, 0.3) is 10.2 Å². The summed E-state index contributed by atoms with van der Waals surface area (Å²) < 4.78 is 1.06. The van der Waals surface area contributed by atoms with Crippen LogP contribution in [0.5, 0.6) is 0 Å². The van der Waals surface area contributed by atoms with E-state index in [4.69, 9.17) is 0 Å². The Morgan fingerprint density at radius 3 is 2.58 bits per heavy atom. The maximum absolute atomic E-state index is 13.1. The Morgan fingerprint density at radius 2 is 1.92 bits per heavy atom. The molecule has 2 amide bonds. The number of nitrogens with zero attached hydrogens (tertiary/aromatic N) is 1. The molecule has 0 radical (unpaired) electrons. The van der Waals surface area contributed by atoms with Crippen molar-refractivity contribution in [2.24, 2.45) is 5.41 Å². The van der Waals surface area contributed by atoms with Crippen molar-refractivity contribution in [1.82, 2.24) is 10.3 Å². The largest absolute Gasteiger partial charge is 0.351 e. The van der Waals surface area contributed by atoms with Crippen LogP contribution in [0.2, 0.25) is 0 Å². The Bertz CT molecular complexity index is 829. The smallest absolute Gasteiger partial charge is 0.231 e. The number of benzene rings is 1. The van der Waals surface area contributed by atoms with Crippen molar-refractivity contribution in [3.8, 4) is 0 Å². The molecule has 5 nitrogen and oxygen atoms in total. The molecule has 0 spiro atoms. The van der Waals surface area contributed by atoms with E-state index in [0.717, 1.165) is 46.6 Å². The van der Waals surface area contributed by atoms with E-state index in [0.29, 0.717) is 0 Å². The first-order chi connectivity index (χ1) is 12.2. The highest BCUT2D eigenvalue weighted by molar-refractivity contribution is 7.18. The normalized spacial score (nSPS) is 16.6. The second-order valence-corrected chi connectivity index (χ2v) is 9.57. The van der Waals surface area contributed by atoms with E-state index in [9.17, 15) is 9.59 Å². The molecule has 2 N–H and O–H groups in total. The Labute approximate surface area is 158 Å². The summed E-state index contributed by atoms with van der Waals surface area (Å²) in [7, 11) is 0. The van der Waals surface area contributed by atoms with Gasteiger partial charge in [-0.15, -0.1) is 11.3 Å². The van der Waals surface area contributed by atoms with Gasteiger partial charge in [0.25, 0.3) is 0 Å². The van der Waals surface area contributed by atoms with Gasteiger partial charge in [0.1, 0.15) is 0 Å². The van der Waals surface area contributed by atoms with Crippen molar-refractivity contribution in [3.05, 3.63) is 23.2 Å². The molecule has 140 valence electrons. The fourth-order valence-corrected chi connectivity index (χ4v) is 4.55. The van der Waals surface area contributed by atoms with Crippen molar-refractivity contribution in [1.29, 1.82) is 0 Å². The summed E-state index contributed by atoms with van der Waals surface area (Å²) in [4.78, 5) is 30.0. The van der Waals surface area contributed by atoms with Gasteiger partial charge in [-0.1, -0.05) is 12.8 Å². The molecule has 1 saturated carbocycles. The number of aryl methyl sites for hydroxylation is 1. The lowest BCUT2D eigenvalue weighted by atomic mass is 9.81. The van der Waals surface area contributed by atoms with E-state index in [1.54, 1.807) is 11.3 Å². The van der Waals surface area contributed by atoms with Crippen molar-refractivity contribution < 1.29 is 9.59 Å². The van der Waals surface area contributed by atoms with Gasteiger partial charge in [0.15, 0.2) is 0 Å². The second-order valence-electron chi connectivity index (χ2n) is 8.33. The first kappa shape index (κ1) is 18.8. The van der Waals surface area contributed by atoms with E-state index in [1.165, 1.54) is 0 Å². The van der Waals surface area contributed by atoms with Crippen LogP contribution in [0.4, 0.5) is 5.69 Å².